The largest absolute Gasteiger partial charge is 0.481 e. The van der Waals surface area contributed by atoms with Crippen LogP contribution in [-0.4, -0.2) is 25.6 Å². The predicted octanol–water partition coefficient (Wildman–Crippen LogP) is 1.24. The van der Waals surface area contributed by atoms with E-state index < -0.39 is 5.97 Å². The van der Waals surface area contributed by atoms with Gasteiger partial charge in [-0.15, -0.1) is 0 Å². The van der Waals surface area contributed by atoms with E-state index in [1.807, 2.05) is 19.1 Å². The van der Waals surface area contributed by atoms with Gasteiger partial charge in [0.25, 0.3) is 0 Å². The van der Waals surface area contributed by atoms with Gasteiger partial charge in [-0.25, -0.2) is 4.79 Å². The average Bonchev–Trinajstić information content (AvgIpc) is 2.41. The van der Waals surface area contributed by atoms with Gasteiger partial charge < -0.3 is 5.11 Å². The first kappa shape index (κ1) is 14.9. The van der Waals surface area contributed by atoms with Crippen molar-refractivity contribution >= 4 is 5.97 Å². The van der Waals surface area contributed by atoms with Gasteiger partial charge in [-0.2, -0.15) is 4.98 Å². The number of hydrogen-bond donors (Lipinski definition) is 1. The van der Waals surface area contributed by atoms with Crippen molar-refractivity contribution in [2.45, 2.75) is 33.7 Å². The molecule has 0 saturated carbocycles. The Hall–Kier alpha value is -2.50. The summed E-state index contributed by atoms with van der Waals surface area (Å²) in [6.45, 7) is 5.62. The summed E-state index contributed by atoms with van der Waals surface area (Å²) in [7, 11) is 0. The lowest BCUT2D eigenvalue weighted by Crippen LogP contribution is -2.29. The summed E-state index contributed by atoms with van der Waals surface area (Å²) in [6, 6.07) is 3.76. The van der Waals surface area contributed by atoms with E-state index in [0.717, 1.165) is 11.3 Å². The predicted molar refractivity (Wildman–Crippen MR) is 77.4 cm³/mol. The highest BCUT2D eigenvalue weighted by atomic mass is 16.4. The fourth-order valence-corrected chi connectivity index (χ4v) is 2.21. The van der Waals surface area contributed by atoms with Crippen LogP contribution in [0.3, 0.4) is 0 Å². The van der Waals surface area contributed by atoms with E-state index in [9.17, 15) is 9.59 Å². The second-order valence-corrected chi connectivity index (χ2v) is 5.01. The van der Waals surface area contributed by atoms with Crippen LogP contribution in [-0.2, 0) is 17.8 Å². The second kappa shape index (κ2) is 5.87. The van der Waals surface area contributed by atoms with Crippen LogP contribution in [0, 0.1) is 20.8 Å². The lowest BCUT2D eigenvalue weighted by Gasteiger charge is -2.14. The SMILES string of the molecule is Cc1ccc(Cn2c(C)c(CC(=O)O)c(C)nc2=O)cn1. The van der Waals surface area contributed by atoms with E-state index in [0.29, 0.717) is 23.5 Å². The number of carboxylic acids is 1. The van der Waals surface area contributed by atoms with Crippen LogP contribution in [0.4, 0.5) is 0 Å². The molecule has 0 atom stereocenters. The van der Waals surface area contributed by atoms with Crippen LogP contribution in [0.25, 0.3) is 0 Å². The number of aryl methyl sites for hydroxylation is 2. The molecule has 2 heterocycles. The number of rotatable bonds is 4. The van der Waals surface area contributed by atoms with Gasteiger partial charge in [-0.05, 0) is 32.4 Å². The first-order valence-electron chi connectivity index (χ1n) is 6.58. The second-order valence-electron chi connectivity index (χ2n) is 5.01. The minimum absolute atomic E-state index is 0.142. The van der Waals surface area contributed by atoms with Gasteiger partial charge in [-0.3, -0.25) is 14.3 Å². The number of aliphatic carboxylic acids is 1. The van der Waals surface area contributed by atoms with E-state index in [1.165, 1.54) is 4.57 Å². The molecule has 0 aliphatic carbocycles. The fraction of sp³-hybridized carbons (Fsp3) is 0.333. The van der Waals surface area contributed by atoms with Crippen LogP contribution < -0.4 is 5.69 Å². The summed E-state index contributed by atoms with van der Waals surface area (Å²) in [5.41, 5.74) is 3.09. The molecule has 21 heavy (non-hydrogen) atoms. The monoisotopic (exact) mass is 287 g/mol. The highest BCUT2D eigenvalue weighted by Crippen LogP contribution is 2.12. The molecule has 6 nitrogen and oxygen atoms in total. The van der Waals surface area contributed by atoms with E-state index in [4.69, 9.17) is 5.11 Å². The van der Waals surface area contributed by atoms with E-state index in [1.54, 1.807) is 20.0 Å². The molecule has 0 spiro atoms. The van der Waals surface area contributed by atoms with Crippen molar-refractivity contribution in [3.8, 4) is 0 Å². The van der Waals surface area contributed by atoms with Crippen LogP contribution in [0.15, 0.2) is 23.1 Å². The topological polar surface area (TPSA) is 85.1 Å². The lowest BCUT2D eigenvalue weighted by atomic mass is 10.1. The maximum Gasteiger partial charge on any atom is 0.348 e. The quantitative estimate of drug-likeness (QED) is 0.914. The number of nitrogens with zero attached hydrogens (tertiary/aromatic N) is 3. The summed E-state index contributed by atoms with van der Waals surface area (Å²) in [5, 5.41) is 8.97. The van der Waals surface area contributed by atoms with Gasteiger partial charge in [-0.1, -0.05) is 6.07 Å². The molecule has 0 aromatic carbocycles. The Kier molecular flexibility index (Phi) is 4.16. The molecule has 0 fully saturated rings. The molecular weight excluding hydrogens is 270 g/mol. The highest BCUT2D eigenvalue weighted by molar-refractivity contribution is 5.70. The zero-order chi connectivity index (χ0) is 15.6. The smallest absolute Gasteiger partial charge is 0.348 e. The van der Waals surface area contributed by atoms with Crippen molar-refractivity contribution in [2.75, 3.05) is 0 Å². The Morgan fingerprint density at radius 2 is 2.00 bits per heavy atom. The number of carbonyl (C=O) groups is 1. The molecule has 2 aromatic rings. The van der Waals surface area contributed by atoms with Gasteiger partial charge in [0.05, 0.1) is 13.0 Å². The minimum atomic E-state index is -0.940. The number of aromatic nitrogens is 3. The summed E-state index contributed by atoms with van der Waals surface area (Å²) < 4.78 is 1.48. The molecule has 0 radical (unpaired) electrons. The lowest BCUT2D eigenvalue weighted by molar-refractivity contribution is -0.136. The number of carboxylic acid groups (broad SMARTS) is 1. The first-order valence-corrected chi connectivity index (χ1v) is 6.58. The molecule has 0 aliphatic rings. The first-order chi connectivity index (χ1) is 9.88. The maximum absolute atomic E-state index is 12.1. The standard InChI is InChI=1S/C15H17N3O3/c1-9-4-5-12(7-16-9)8-18-11(3)13(6-14(19)20)10(2)17-15(18)21/h4-5,7H,6,8H2,1-3H3,(H,19,20). The third-order valence-electron chi connectivity index (χ3n) is 3.41. The Morgan fingerprint density at radius 1 is 1.29 bits per heavy atom. The molecule has 6 heteroatoms. The summed E-state index contributed by atoms with van der Waals surface area (Å²) in [6.07, 6.45) is 1.56. The normalized spacial score (nSPS) is 10.6. The van der Waals surface area contributed by atoms with Crippen molar-refractivity contribution in [3.63, 3.8) is 0 Å². The fourth-order valence-electron chi connectivity index (χ4n) is 2.21. The molecule has 0 unspecified atom stereocenters. The Labute approximate surface area is 122 Å². The summed E-state index contributed by atoms with van der Waals surface area (Å²) in [5.74, 6) is -0.940. The highest BCUT2D eigenvalue weighted by Gasteiger charge is 2.14. The van der Waals surface area contributed by atoms with E-state index in [-0.39, 0.29) is 12.1 Å². The summed E-state index contributed by atoms with van der Waals surface area (Å²) in [4.78, 5) is 31.1. The molecule has 110 valence electrons. The van der Waals surface area contributed by atoms with Gasteiger partial charge in [0.15, 0.2) is 0 Å². The van der Waals surface area contributed by atoms with Gasteiger partial charge >= 0.3 is 11.7 Å². The van der Waals surface area contributed by atoms with Crippen molar-refractivity contribution in [2.24, 2.45) is 0 Å². The Bertz CT molecular complexity index is 733. The number of pyridine rings is 1. The molecule has 2 aromatic heterocycles. The van der Waals surface area contributed by atoms with Crippen molar-refractivity contribution in [1.29, 1.82) is 0 Å². The molecule has 1 N–H and O–H groups in total. The third-order valence-corrected chi connectivity index (χ3v) is 3.41. The molecular formula is C15H17N3O3. The third kappa shape index (κ3) is 3.34. The zero-order valence-electron chi connectivity index (χ0n) is 12.3. The maximum atomic E-state index is 12.1. The summed E-state index contributed by atoms with van der Waals surface area (Å²) >= 11 is 0. The van der Waals surface area contributed by atoms with Crippen LogP contribution >= 0.6 is 0 Å². The van der Waals surface area contributed by atoms with E-state index >= 15 is 0 Å². The van der Waals surface area contributed by atoms with Crippen LogP contribution in [0.5, 0.6) is 0 Å². The minimum Gasteiger partial charge on any atom is -0.481 e. The molecule has 0 aliphatic heterocycles. The van der Waals surface area contributed by atoms with Crippen LogP contribution in [0.2, 0.25) is 0 Å². The van der Waals surface area contributed by atoms with Crippen molar-refractivity contribution < 1.29 is 9.90 Å². The van der Waals surface area contributed by atoms with Gasteiger partial charge in [0, 0.05) is 28.8 Å². The Morgan fingerprint density at radius 3 is 2.57 bits per heavy atom. The van der Waals surface area contributed by atoms with Gasteiger partial charge in [0.1, 0.15) is 0 Å². The van der Waals surface area contributed by atoms with Crippen molar-refractivity contribution in [1.82, 2.24) is 14.5 Å². The molecule has 2 rings (SSSR count). The molecule has 0 bridgehead atoms. The van der Waals surface area contributed by atoms with Gasteiger partial charge in [0.2, 0.25) is 0 Å². The average molecular weight is 287 g/mol. The molecule has 0 amide bonds. The number of hydrogen-bond acceptors (Lipinski definition) is 4. The zero-order valence-corrected chi connectivity index (χ0v) is 12.3. The molecule has 0 saturated heterocycles. The van der Waals surface area contributed by atoms with Crippen molar-refractivity contribution in [3.05, 3.63) is 57.0 Å². The Balaban J connectivity index is 2.45. The van der Waals surface area contributed by atoms with Crippen LogP contribution in [0.1, 0.15) is 28.2 Å². The van der Waals surface area contributed by atoms with E-state index in [2.05, 4.69) is 9.97 Å².